The SMILES string of the molecule is Cc1ccc(P(c2ccc(C)cc2)c2ccccc2-c2ccccc2)cc1. The van der Waals surface area contributed by atoms with E-state index in [0.29, 0.717) is 0 Å². The molecule has 0 saturated carbocycles. The summed E-state index contributed by atoms with van der Waals surface area (Å²) in [4.78, 5) is 0. The normalized spacial score (nSPS) is 10.9. The molecule has 0 aliphatic rings. The Kier molecular flexibility index (Phi) is 5.19. The summed E-state index contributed by atoms with van der Waals surface area (Å²) in [5.74, 6) is 0. The summed E-state index contributed by atoms with van der Waals surface area (Å²) in [6.07, 6.45) is 0. The van der Waals surface area contributed by atoms with Crippen molar-refractivity contribution in [2.24, 2.45) is 0 Å². The van der Waals surface area contributed by atoms with Gasteiger partial charge in [0.25, 0.3) is 0 Å². The van der Waals surface area contributed by atoms with Crippen LogP contribution in [0.5, 0.6) is 0 Å². The molecule has 0 aliphatic carbocycles. The van der Waals surface area contributed by atoms with Crippen LogP contribution in [0, 0.1) is 13.8 Å². The summed E-state index contributed by atoms with van der Waals surface area (Å²) in [5.41, 5.74) is 5.20. The molecule has 0 fully saturated rings. The summed E-state index contributed by atoms with van der Waals surface area (Å²) < 4.78 is 0. The highest BCUT2D eigenvalue weighted by Gasteiger charge is 2.19. The van der Waals surface area contributed by atoms with Gasteiger partial charge in [0.1, 0.15) is 0 Å². The zero-order valence-electron chi connectivity index (χ0n) is 15.8. The first-order valence-electron chi connectivity index (χ1n) is 9.30. The molecular formula is C26H23P. The van der Waals surface area contributed by atoms with Crippen molar-refractivity contribution >= 4 is 23.8 Å². The van der Waals surface area contributed by atoms with Crippen molar-refractivity contribution in [2.45, 2.75) is 13.8 Å². The Bertz CT molecular complexity index is 970. The summed E-state index contributed by atoms with van der Waals surface area (Å²) in [6, 6.07) is 37.7. The first kappa shape index (κ1) is 17.7. The Balaban J connectivity index is 1.92. The van der Waals surface area contributed by atoms with Crippen molar-refractivity contribution in [3.05, 3.63) is 114 Å². The molecule has 0 aromatic heterocycles. The summed E-state index contributed by atoms with van der Waals surface area (Å²) >= 11 is 0. The predicted molar refractivity (Wildman–Crippen MR) is 120 cm³/mol. The third kappa shape index (κ3) is 3.87. The maximum Gasteiger partial charge on any atom is -0.00726 e. The van der Waals surface area contributed by atoms with E-state index in [4.69, 9.17) is 0 Å². The third-order valence-electron chi connectivity index (χ3n) is 4.81. The molecule has 27 heavy (non-hydrogen) atoms. The van der Waals surface area contributed by atoms with Gasteiger partial charge in [-0.25, -0.2) is 0 Å². The highest BCUT2D eigenvalue weighted by molar-refractivity contribution is 7.80. The van der Waals surface area contributed by atoms with Gasteiger partial charge in [0, 0.05) is 0 Å². The van der Waals surface area contributed by atoms with Crippen LogP contribution in [0.25, 0.3) is 11.1 Å². The average Bonchev–Trinajstić information content (AvgIpc) is 2.72. The smallest absolute Gasteiger partial charge is 0.00726 e. The molecule has 0 unspecified atom stereocenters. The number of hydrogen-bond donors (Lipinski definition) is 0. The minimum absolute atomic E-state index is 0.615. The molecule has 4 aromatic rings. The monoisotopic (exact) mass is 366 g/mol. The Hall–Kier alpha value is -2.69. The van der Waals surface area contributed by atoms with E-state index < -0.39 is 7.92 Å². The van der Waals surface area contributed by atoms with Crippen molar-refractivity contribution in [2.75, 3.05) is 0 Å². The second-order valence-corrected chi connectivity index (χ2v) is 9.08. The van der Waals surface area contributed by atoms with Gasteiger partial charge in [-0.1, -0.05) is 114 Å². The number of aryl methyl sites for hydroxylation is 2. The maximum absolute atomic E-state index is 2.30. The number of hydrogen-bond acceptors (Lipinski definition) is 0. The molecular weight excluding hydrogens is 343 g/mol. The first-order valence-corrected chi connectivity index (χ1v) is 10.6. The maximum atomic E-state index is 2.30. The molecule has 0 amide bonds. The van der Waals surface area contributed by atoms with E-state index in [0.717, 1.165) is 0 Å². The quantitative estimate of drug-likeness (QED) is 0.405. The fourth-order valence-corrected chi connectivity index (χ4v) is 5.77. The van der Waals surface area contributed by atoms with E-state index in [-0.39, 0.29) is 0 Å². The van der Waals surface area contributed by atoms with Crippen molar-refractivity contribution in [1.82, 2.24) is 0 Å². The molecule has 0 nitrogen and oxygen atoms in total. The van der Waals surface area contributed by atoms with Crippen LogP contribution in [0.15, 0.2) is 103 Å². The van der Waals surface area contributed by atoms with E-state index >= 15 is 0 Å². The Morgan fingerprint density at radius 3 is 1.52 bits per heavy atom. The van der Waals surface area contributed by atoms with E-state index in [1.54, 1.807) is 0 Å². The minimum Gasteiger partial charge on any atom is -0.0622 e. The highest BCUT2D eigenvalue weighted by Crippen LogP contribution is 2.37. The van der Waals surface area contributed by atoms with Gasteiger partial charge in [0.15, 0.2) is 0 Å². The van der Waals surface area contributed by atoms with Gasteiger partial charge in [-0.3, -0.25) is 0 Å². The fraction of sp³-hybridized carbons (Fsp3) is 0.0769. The van der Waals surface area contributed by atoms with E-state index in [9.17, 15) is 0 Å². The summed E-state index contributed by atoms with van der Waals surface area (Å²) in [7, 11) is -0.615. The minimum atomic E-state index is -0.615. The molecule has 0 radical (unpaired) electrons. The summed E-state index contributed by atoms with van der Waals surface area (Å²) in [5, 5.41) is 4.19. The van der Waals surface area contributed by atoms with E-state index in [1.807, 2.05) is 0 Å². The standard InChI is InChI=1S/C26H23P/c1-20-12-16-23(17-13-20)27(24-18-14-21(2)15-19-24)26-11-7-6-10-25(26)22-8-4-3-5-9-22/h3-19H,1-2H3. The molecule has 1 heteroatoms. The molecule has 0 saturated heterocycles. The van der Waals surface area contributed by atoms with Crippen LogP contribution in [-0.4, -0.2) is 0 Å². The molecule has 132 valence electrons. The number of rotatable bonds is 4. The zero-order valence-corrected chi connectivity index (χ0v) is 16.7. The molecule has 4 rings (SSSR count). The van der Waals surface area contributed by atoms with Gasteiger partial charge in [-0.15, -0.1) is 0 Å². The van der Waals surface area contributed by atoms with Crippen LogP contribution in [0.4, 0.5) is 0 Å². The van der Waals surface area contributed by atoms with Gasteiger partial charge in [-0.05, 0) is 48.8 Å². The highest BCUT2D eigenvalue weighted by atomic mass is 31.1. The Morgan fingerprint density at radius 2 is 0.963 bits per heavy atom. The average molecular weight is 366 g/mol. The molecule has 0 heterocycles. The van der Waals surface area contributed by atoms with Crippen molar-refractivity contribution < 1.29 is 0 Å². The lowest BCUT2D eigenvalue weighted by Crippen LogP contribution is -2.22. The fourth-order valence-electron chi connectivity index (χ4n) is 3.35. The second-order valence-electron chi connectivity index (χ2n) is 6.89. The van der Waals surface area contributed by atoms with Crippen LogP contribution >= 0.6 is 7.92 Å². The van der Waals surface area contributed by atoms with Crippen LogP contribution in [0.1, 0.15) is 11.1 Å². The van der Waals surface area contributed by atoms with Gasteiger partial charge in [-0.2, -0.15) is 0 Å². The van der Waals surface area contributed by atoms with Gasteiger partial charge >= 0.3 is 0 Å². The molecule has 0 bridgehead atoms. The van der Waals surface area contributed by atoms with Gasteiger partial charge in [0.05, 0.1) is 0 Å². The largest absolute Gasteiger partial charge is 0.0622 e. The summed E-state index contributed by atoms with van der Waals surface area (Å²) in [6.45, 7) is 4.30. The van der Waals surface area contributed by atoms with Crippen LogP contribution in [-0.2, 0) is 0 Å². The lowest BCUT2D eigenvalue weighted by molar-refractivity contribution is 1.49. The third-order valence-corrected chi connectivity index (χ3v) is 7.31. The molecule has 4 aromatic carbocycles. The van der Waals surface area contributed by atoms with Crippen LogP contribution < -0.4 is 15.9 Å². The molecule has 0 N–H and O–H groups in total. The molecule has 0 aliphatic heterocycles. The second kappa shape index (κ2) is 7.91. The van der Waals surface area contributed by atoms with Crippen LogP contribution in [0.2, 0.25) is 0 Å². The van der Waals surface area contributed by atoms with Crippen molar-refractivity contribution in [3.63, 3.8) is 0 Å². The van der Waals surface area contributed by atoms with Gasteiger partial charge in [0.2, 0.25) is 0 Å². The Morgan fingerprint density at radius 1 is 0.481 bits per heavy atom. The van der Waals surface area contributed by atoms with Gasteiger partial charge < -0.3 is 0 Å². The molecule has 0 spiro atoms. The molecule has 0 atom stereocenters. The van der Waals surface area contributed by atoms with E-state index in [2.05, 4.69) is 117 Å². The predicted octanol–water partition coefficient (Wildman–Crippen LogP) is 5.73. The lowest BCUT2D eigenvalue weighted by atomic mass is 10.1. The Labute approximate surface area is 163 Å². The lowest BCUT2D eigenvalue weighted by Gasteiger charge is -2.23. The number of benzene rings is 4. The van der Waals surface area contributed by atoms with Crippen molar-refractivity contribution in [1.29, 1.82) is 0 Å². The van der Waals surface area contributed by atoms with E-state index in [1.165, 1.54) is 38.2 Å². The van der Waals surface area contributed by atoms with Crippen molar-refractivity contribution in [3.8, 4) is 11.1 Å². The first-order chi connectivity index (χ1) is 13.2. The zero-order chi connectivity index (χ0) is 18.6. The topological polar surface area (TPSA) is 0 Å². The van der Waals surface area contributed by atoms with Crippen LogP contribution in [0.3, 0.4) is 0 Å².